The molecule has 3 aromatic rings. The number of halogens is 1. The van der Waals surface area contributed by atoms with Crippen molar-refractivity contribution in [3.05, 3.63) is 82.3 Å². The number of carbonyl (C=O) groups excluding carboxylic acids is 1. The third-order valence-corrected chi connectivity index (χ3v) is 4.32. The van der Waals surface area contributed by atoms with E-state index in [4.69, 9.17) is 10.6 Å². The van der Waals surface area contributed by atoms with Crippen molar-refractivity contribution in [2.24, 2.45) is 5.73 Å². The minimum absolute atomic E-state index is 0.367. The highest BCUT2D eigenvalue weighted by Crippen LogP contribution is 2.18. The summed E-state index contributed by atoms with van der Waals surface area (Å²) in [4.78, 5) is 17.1. The highest BCUT2D eigenvalue weighted by Gasteiger charge is 2.13. The lowest BCUT2D eigenvalue weighted by atomic mass is 10.0. The molecule has 0 aliphatic carbocycles. The van der Waals surface area contributed by atoms with Crippen LogP contribution in [0.5, 0.6) is 0 Å². The van der Waals surface area contributed by atoms with Crippen LogP contribution >= 0.6 is 15.9 Å². The van der Waals surface area contributed by atoms with Gasteiger partial charge in [0.1, 0.15) is 0 Å². The molecule has 0 amide bonds. The Labute approximate surface area is 148 Å². The van der Waals surface area contributed by atoms with Gasteiger partial charge in [-0.2, -0.15) is 0 Å². The molecule has 0 aliphatic heterocycles. The summed E-state index contributed by atoms with van der Waals surface area (Å²) in [6.07, 6.45) is 0.463. The van der Waals surface area contributed by atoms with Gasteiger partial charge in [0.15, 0.2) is 0 Å². The van der Waals surface area contributed by atoms with Gasteiger partial charge in [-0.05, 0) is 44.4 Å². The molecule has 120 valence electrons. The molecular formula is C19H16BrN2O2+. The molecule has 0 spiro atoms. The zero-order valence-corrected chi connectivity index (χ0v) is 14.4. The fraction of sp³-hybridized carbons (Fsp3) is 0.0526. The molecular weight excluding hydrogens is 368 g/mol. The Morgan fingerprint density at radius 2 is 1.71 bits per heavy atom. The molecule has 3 rings (SSSR count). The van der Waals surface area contributed by atoms with Gasteiger partial charge >= 0.3 is 5.97 Å². The molecule has 4 nitrogen and oxygen atoms in total. The first-order chi connectivity index (χ1) is 11.6. The number of nitrogens with one attached hydrogen (secondary N) is 1. The van der Waals surface area contributed by atoms with Crippen LogP contribution in [0.2, 0.25) is 0 Å². The number of rotatable bonds is 4. The zero-order chi connectivity index (χ0) is 16.9. The number of hydrogen-bond acceptors (Lipinski definition) is 2. The molecule has 24 heavy (non-hydrogen) atoms. The zero-order valence-electron chi connectivity index (χ0n) is 12.8. The molecule has 3 aromatic carbocycles. The second-order valence-electron chi connectivity index (χ2n) is 5.31. The van der Waals surface area contributed by atoms with E-state index in [1.807, 2.05) is 36.4 Å². The van der Waals surface area contributed by atoms with Crippen LogP contribution < -0.4 is 10.9 Å². The van der Waals surface area contributed by atoms with E-state index in [2.05, 4.69) is 33.2 Å². The van der Waals surface area contributed by atoms with E-state index in [1.165, 1.54) is 0 Å². The summed E-state index contributed by atoms with van der Waals surface area (Å²) in [6, 6.07) is 21.2. The summed E-state index contributed by atoms with van der Waals surface area (Å²) < 4.78 is 0.671. The largest absolute Gasteiger partial charge is 0.389 e. The van der Waals surface area contributed by atoms with Gasteiger partial charge in [-0.3, -0.25) is 10.6 Å². The maximum absolute atomic E-state index is 12.1. The maximum Gasteiger partial charge on any atom is 0.389 e. The predicted octanol–water partition coefficient (Wildman–Crippen LogP) is 2.35. The smallest absolute Gasteiger partial charge is 0.288 e. The lowest BCUT2D eigenvalue weighted by Crippen LogP contribution is -2.75. The van der Waals surface area contributed by atoms with E-state index in [-0.39, 0.29) is 0 Å². The molecule has 0 saturated heterocycles. The van der Waals surface area contributed by atoms with Crippen molar-refractivity contribution in [2.75, 3.05) is 0 Å². The Bertz CT molecular complexity index is 917. The number of carbonyl (C=O) groups is 1. The summed E-state index contributed by atoms with van der Waals surface area (Å²) in [5, 5.41) is 4.82. The van der Waals surface area contributed by atoms with E-state index >= 15 is 0 Å². The third-order valence-electron chi connectivity index (χ3n) is 3.63. The molecule has 3 N–H and O–H groups in total. The number of fused-ring (bicyclic) bond motifs is 1. The Kier molecular flexibility index (Phi) is 4.91. The normalized spacial score (nSPS) is 11.5. The number of amidine groups is 1. The Morgan fingerprint density at radius 1 is 1.00 bits per heavy atom. The lowest BCUT2D eigenvalue weighted by molar-refractivity contribution is -0.722. The minimum atomic E-state index is -0.497. The van der Waals surface area contributed by atoms with Crippen LogP contribution in [0.4, 0.5) is 0 Å². The van der Waals surface area contributed by atoms with Crippen LogP contribution in [0, 0.1) is 0 Å². The minimum Gasteiger partial charge on any atom is -0.288 e. The van der Waals surface area contributed by atoms with Crippen molar-refractivity contribution in [1.82, 2.24) is 0 Å². The van der Waals surface area contributed by atoms with Crippen molar-refractivity contribution in [3.63, 3.8) is 0 Å². The monoisotopic (exact) mass is 383 g/mol. The van der Waals surface area contributed by atoms with Gasteiger partial charge in [0.2, 0.25) is 0 Å². The van der Waals surface area contributed by atoms with E-state index in [9.17, 15) is 4.79 Å². The predicted molar refractivity (Wildman–Crippen MR) is 97.4 cm³/mol. The van der Waals surface area contributed by atoms with Crippen molar-refractivity contribution in [3.8, 4) is 0 Å². The molecule has 5 heteroatoms. The van der Waals surface area contributed by atoms with Gasteiger partial charge in [0.25, 0.3) is 5.84 Å². The van der Waals surface area contributed by atoms with Crippen LogP contribution in [0.25, 0.3) is 10.8 Å². The Hall–Kier alpha value is -2.66. The first-order valence-electron chi connectivity index (χ1n) is 7.45. The molecule has 0 bridgehead atoms. The van der Waals surface area contributed by atoms with Crippen LogP contribution in [0.15, 0.2) is 71.2 Å². The first-order valence-corrected chi connectivity index (χ1v) is 8.24. The highest BCUT2D eigenvalue weighted by molar-refractivity contribution is 9.10. The molecule has 0 aliphatic rings. The van der Waals surface area contributed by atoms with Crippen LogP contribution in [-0.4, -0.2) is 11.8 Å². The van der Waals surface area contributed by atoms with Crippen molar-refractivity contribution in [1.29, 1.82) is 0 Å². The van der Waals surface area contributed by atoms with Gasteiger partial charge in [-0.1, -0.05) is 59.8 Å². The van der Waals surface area contributed by atoms with E-state index in [0.717, 1.165) is 16.3 Å². The van der Waals surface area contributed by atoms with Crippen molar-refractivity contribution < 1.29 is 14.8 Å². The van der Waals surface area contributed by atoms with Gasteiger partial charge < -0.3 is 0 Å². The van der Waals surface area contributed by atoms with Gasteiger partial charge in [0.05, 0.1) is 12.0 Å². The molecule has 0 saturated carbocycles. The Morgan fingerprint density at radius 3 is 2.54 bits per heavy atom. The van der Waals surface area contributed by atoms with Crippen molar-refractivity contribution >= 4 is 38.5 Å². The number of benzene rings is 3. The lowest BCUT2D eigenvalue weighted by Gasteiger charge is -2.04. The number of hydrogen-bond donors (Lipinski definition) is 2. The highest BCUT2D eigenvalue weighted by atomic mass is 79.9. The number of nitrogens with two attached hydrogens (primary N) is 1. The van der Waals surface area contributed by atoms with E-state index < -0.39 is 5.97 Å². The molecule has 0 atom stereocenters. The molecule has 0 fully saturated rings. The fourth-order valence-corrected chi connectivity index (χ4v) is 2.93. The third kappa shape index (κ3) is 3.63. The summed E-state index contributed by atoms with van der Waals surface area (Å²) >= 11 is 3.32. The van der Waals surface area contributed by atoms with Gasteiger partial charge in [-0.15, -0.1) is 0 Å². The molecule has 0 heterocycles. The SMILES string of the molecule is NC(Cc1cccc2ccccc12)=[NH+]OC(=O)c1ccccc1Br. The second-order valence-corrected chi connectivity index (χ2v) is 6.17. The first kappa shape index (κ1) is 16.2. The van der Waals surface area contributed by atoms with Crippen LogP contribution in [-0.2, 0) is 11.3 Å². The van der Waals surface area contributed by atoms with E-state index in [1.54, 1.807) is 18.2 Å². The average molecular weight is 384 g/mol. The van der Waals surface area contributed by atoms with E-state index in [0.29, 0.717) is 22.3 Å². The molecule has 0 unspecified atom stereocenters. The summed E-state index contributed by atoms with van der Waals surface area (Å²) in [6.45, 7) is 0. The second kappa shape index (κ2) is 7.27. The standard InChI is InChI=1S/C19H15BrN2O2/c20-17-11-4-3-10-16(17)19(23)24-22-18(21)12-14-8-5-7-13-6-1-2-9-15(13)14/h1-11H,12H2,(H2,21,22)/p+1. The van der Waals surface area contributed by atoms with Gasteiger partial charge in [0, 0.05) is 4.47 Å². The van der Waals surface area contributed by atoms with Crippen LogP contribution in [0.3, 0.4) is 0 Å². The maximum atomic E-state index is 12.1. The summed E-state index contributed by atoms with van der Waals surface area (Å²) in [5.74, 6) is -0.130. The van der Waals surface area contributed by atoms with Crippen LogP contribution in [0.1, 0.15) is 15.9 Å². The Balaban J connectivity index is 1.75. The van der Waals surface area contributed by atoms with Gasteiger partial charge in [-0.25, -0.2) is 4.79 Å². The molecule has 0 radical (unpaired) electrons. The fourth-order valence-electron chi connectivity index (χ4n) is 2.48. The van der Waals surface area contributed by atoms with Crippen molar-refractivity contribution in [2.45, 2.75) is 6.42 Å². The summed E-state index contributed by atoms with van der Waals surface area (Å²) in [7, 11) is 0. The topological polar surface area (TPSA) is 66.3 Å². The quantitative estimate of drug-likeness (QED) is 0.314. The summed E-state index contributed by atoms with van der Waals surface area (Å²) in [5.41, 5.74) is 7.48. The molecule has 0 aromatic heterocycles. The average Bonchev–Trinajstić information content (AvgIpc) is 2.60.